The first-order chi connectivity index (χ1) is 12.2. The van der Waals surface area contributed by atoms with E-state index in [1.54, 1.807) is 35.7 Å². The molecule has 0 saturated carbocycles. The van der Waals surface area contributed by atoms with Crippen LogP contribution < -0.4 is 10.1 Å². The smallest absolute Gasteiger partial charge is 0.270 e. The fraction of sp³-hybridized carbons (Fsp3) is 0.158. The van der Waals surface area contributed by atoms with E-state index in [0.29, 0.717) is 17.3 Å². The molecule has 4 nitrogen and oxygen atoms in total. The third-order valence-electron chi connectivity index (χ3n) is 4.09. The van der Waals surface area contributed by atoms with Crippen molar-refractivity contribution in [3.05, 3.63) is 69.6 Å². The zero-order chi connectivity index (χ0) is 17.2. The van der Waals surface area contributed by atoms with Crippen LogP contribution in [0, 0.1) is 0 Å². The SMILES string of the molecule is O=C(NC[C@@H]1Cc2cc(-c3ccsc3)cc(Cl)c2O1)c1ccccn1. The summed E-state index contributed by atoms with van der Waals surface area (Å²) in [5.41, 5.74) is 3.72. The minimum Gasteiger partial charge on any atom is -0.486 e. The molecule has 1 aliphatic rings. The van der Waals surface area contributed by atoms with Gasteiger partial charge in [-0.15, -0.1) is 0 Å². The van der Waals surface area contributed by atoms with Crippen LogP contribution in [0.25, 0.3) is 11.1 Å². The maximum atomic E-state index is 12.1. The molecule has 3 heterocycles. The number of nitrogens with one attached hydrogen (secondary N) is 1. The molecule has 1 aliphatic heterocycles. The molecule has 0 unspecified atom stereocenters. The van der Waals surface area contributed by atoms with E-state index in [1.807, 2.05) is 11.4 Å². The molecule has 0 radical (unpaired) electrons. The number of thiophene rings is 1. The van der Waals surface area contributed by atoms with E-state index in [0.717, 1.165) is 28.9 Å². The molecule has 25 heavy (non-hydrogen) atoms. The van der Waals surface area contributed by atoms with E-state index < -0.39 is 0 Å². The zero-order valence-electron chi connectivity index (χ0n) is 13.2. The Kier molecular flexibility index (Phi) is 4.42. The van der Waals surface area contributed by atoms with Crippen molar-refractivity contribution >= 4 is 28.8 Å². The van der Waals surface area contributed by atoms with Gasteiger partial charge in [-0.2, -0.15) is 11.3 Å². The second kappa shape index (κ2) is 6.86. The number of fused-ring (bicyclic) bond motifs is 1. The molecule has 0 saturated heterocycles. The Morgan fingerprint density at radius 1 is 1.32 bits per heavy atom. The van der Waals surface area contributed by atoms with Crippen LogP contribution in [0.1, 0.15) is 16.1 Å². The summed E-state index contributed by atoms with van der Waals surface area (Å²) in [7, 11) is 0. The van der Waals surface area contributed by atoms with E-state index in [-0.39, 0.29) is 12.0 Å². The molecule has 4 rings (SSSR count). The molecule has 6 heteroatoms. The first-order valence-corrected chi connectivity index (χ1v) is 9.23. The predicted molar refractivity (Wildman–Crippen MR) is 99.5 cm³/mol. The summed E-state index contributed by atoms with van der Waals surface area (Å²) in [6.45, 7) is 0.411. The summed E-state index contributed by atoms with van der Waals surface area (Å²) >= 11 is 8.05. The maximum absolute atomic E-state index is 12.1. The standard InChI is InChI=1S/C19H15ClN2O2S/c20-16-9-13(12-4-6-25-11-12)7-14-8-15(24-18(14)16)10-22-19(23)17-3-1-2-5-21-17/h1-7,9,11,15H,8,10H2,(H,22,23)/t15-/m0/s1. The van der Waals surface area contributed by atoms with Crippen LogP contribution in [-0.4, -0.2) is 23.5 Å². The molecular weight excluding hydrogens is 356 g/mol. The van der Waals surface area contributed by atoms with E-state index in [4.69, 9.17) is 16.3 Å². The van der Waals surface area contributed by atoms with Gasteiger partial charge in [0.05, 0.1) is 11.6 Å². The number of carbonyl (C=O) groups is 1. The summed E-state index contributed by atoms with van der Waals surface area (Å²) in [5.74, 6) is 0.517. The molecule has 1 amide bonds. The first kappa shape index (κ1) is 16.1. The second-order valence-corrected chi connectivity index (χ2v) is 7.01. The molecular formula is C19H15ClN2O2S. The van der Waals surface area contributed by atoms with Crippen molar-refractivity contribution in [2.75, 3.05) is 6.54 Å². The lowest BCUT2D eigenvalue weighted by molar-refractivity contribution is 0.0928. The van der Waals surface area contributed by atoms with Gasteiger partial charge in [-0.1, -0.05) is 17.7 Å². The number of amides is 1. The highest BCUT2D eigenvalue weighted by Crippen LogP contribution is 2.39. The quantitative estimate of drug-likeness (QED) is 0.748. The number of carbonyl (C=O) groups excluding carboxylic acids is 1. The Balaban J connectivity index is 1.44. The van der Waals surface area contributed by atoms with Crippen molar-refractivity contribution in [1.29, 1.82) is 0 Å². The van der Waals surface area contributed by atoms with Crippen LogP contribution in [0.15, 0.2) is 53.4 Å². The lowest BCUT2D eigenvalue weighted by atomic mass is 10.0. The molecule has 0 bridgehead atoms. The van der Waals surface area contributed by atoms with Crippen molar-refractivity contribution in [3.8, 4) is 16.9 Å². The third-order valence-corrected chi connectivity index (χ3v) is 5.06. The van der Waals surface area contributed by atoms with Crippen molar-refractivity contribution in [2.24, 2.45) is 0 Å². The number of pyridine rings is 1. The maximum Gasteiger partial charge on any atom is 0.270 e. The molecule has 0 aliphatic carbocycles. The van der Waals surface area contributed by atoms with Gasteiger partial charge in [-0.3, -0.25) is 9.78 Å². The van der Waals surface area contributed by atoms with Gasteiger partial charge in [0, 0.05) is 18.2 Å². The van der Waals surface area contributed by atoms with Crippen molar-refractivity contribution in [1.82, 2.24) is 10.3 Å². The molecule has 1 atom stereocenters. The highest BCUT2D eigenvalue weighted by Gasteiger charge is 2.26. The Morgan fingerprint density at radius 2 is 2.24 bits per heavy atom. The number of ether oxygens (including phenoxy) is 1. The molecule has 0 fully saturated rings. The number of benzene rings is 1. The number of hydrogen-bond acceptors (Lipinski definition) is 4. The Labute approximate surface area is 154 Å². The topological polar surface area (TPSA) is 51.2 Å². The fourth-order valence-corrected chi connectivity index (χ4v) is 3.84. The summed E-state index contributed by atoms with van der Waals surface area (Å²) < 4.78 is 5.93. The van der Waals surface area contributed by atoms with Gasteiger partial charge in [0.15, 0.2) is 0 Å². The van der Waals surface area contributed by atoms with E-state index >= 15 is 0 Å². The molecule has 2 aromatic heterocycles. The first-order valence-electron chi connectivity index (χ1n) is 7.91. The van der Waals surface area contributed by atoms with Gasteiger partial charge < -0.3 is 10.1 Å². The Hall–Kier alpha value is -2.37. The van der Waals surface area contributed by atoms with Crippen molar-refractivity contribution in [2.45, 2.75) is 12.5 Å². The van der Waals surface area contributed by atoms with Crippen LogP contribution in [-0.2, 0) is 6.42 Å². The predicted octanol–water partition coefficient (Wildman–Crippen LogP) is 4.20. The van der Waals surface area contributed by atoms with Gasteiger partial charge >= 0.3 is 0 Å². The number of rotatable bonds is 4. The summed E-state index contributed by atoms with van der Waals surface area (Å²) in [4.78, 5) is 16.1. The molecule has 1 aromatic carbocycles. The average molecular weight is 371 g/mol. The van der Waals surface area contributed by atoms with E-state index in [2.05, 4.69) is 27.8 Å². The molecule has 0 spiro atoms. The van der Waals surface area contributed by atoms with E-state index in [9.17, 15) is 4.79 Å². The minimum absolute atomic E-state index is 0.127. The fourth-order valence-electron chi connectivity index (χ4n) is 2.89. The summed E-state index contributed by atoms with van der Waals surface area (Å²) in [5, 5.41) is 7.62. The lowest BCUT2D eigenvalue weighted by Crippen LogP contribution is -2.34. The van der Waals surface area contributed by atoms with Gasteiger partial charge in [0.25, 0.3) is 5.91 Å². The van der Waals surface area contributed by atoms with Crippen LogP contribution >= 0.6 is 22.9 Å². The van der Waals surface area contributed by atoms with Gasteiger partial charge in [-0.05, 0) is 52.2 Å². The molecule has 1 N–H and O–H groups in total. The van der Waals surface area contributed by atoms with Crippen molar-refractivity contribution < 1.29 is 9.53 Å². The lowest BCUT2D eigenvalue weighted by Gasteiger charge is -2.12. The van der Waals surface area contributed by atoms with Gasteiger partial charge in [0.1, 0.15) is 17.5 Å². The zero-order valence-corrected chi connectivity index (χ0v) is 14.8. The highest BCUT2D eigenvalue weighted by atomic mass is 35.5. The van der Waals surface area contributed by atoms with Crippen LogP contribution in [0.2, 0.25) is 5.02 Å². The Morgan fingerprint density at radius 3 is 3.00 bits per heavy atom. The number of aromatic nitrogens is 1. The number of hydrogen-bond donors (Lipinski definition) is 1. The van der Waals surface area contributed by atoms with Gasteiger partial charge in [-0.25, -0.2) is 0 Å². The third kappa shape index (κ3) is 3.38. The molecule has 3 aromatic rings. The average Bonchev–Trinajstić information content (AvgIpc) is 3.30. The minimum atomic E-state index is -0.204. The van der Waals surface area contributed by atoms with E-state index in [1.165, 1.54) is 0 Å². The normalized spacial score (nSPS) is 15.5. The largest absolute Gasteiger partial charge is 0.486 e. The summed E-state index contributed by atoms with van der Waals surface area (Å²) in [6, 6.07) is 11.4. The van der Waals surface area contributed by atoms with Gasteiger partial charge in [0.2, 0.25) is 0 Å². The van der Waals surface area contributed by atoms with Crippen molar-refractivity contribution in [3.63, 3.8) is 0 Å². The van der Waals surface area contributed by atoms with Crippen LogP contribution in [0.3, 0.4) is 0 Å². The summed E-state index contributed by atoms with van der Waals surface area (Å²) in [6.07, 6.45) is 2.19. The second-order valence-electron chi connectivity index (χ2n) is 5.83. The Bertz CT molecular complexity index is 897. The monoisotopic (exact) mass is 370 g/mol. The highest BCUT2D eigenvalue weighted by molar-refractivity contribution is 7.08. The molecule has 126 valence electrons. The number of nitrogens with zero attached hydrogens (tertiary/aromatic N) is 1. The van der Waals surface area contributed by atoms with Crippen LogP contribution in [0.4, 0.5) is 0 Å². The van der Waals surface area contributed by atoms with Crippen LogP contribution in [0.5, 0.6) is 5.75 Å². The number of halogens is 1.